The topological polar surface area (TPSA) is 46.3 Å². The van der Waals surface area contributed by atoms with Crippen LogP contribution >= 0.6 is 11.3 Å². The van der Waals surface area contributed by atoms with Crippen LogP contribution in [0.1, 0.15) is 17.2 Å². The number of nitrogens with zero attached hydrogens (tertiary/aromatic N) is 1. The number of benzene rings is 1. The van der Waals surface area contributed by atoms with Gasteiger partial charge in [0.25, 0.3) is 0 Å². The summed E-state index contributed by atoms with van der Waals surface area (Å²) >= 11 is 1.48. The molecule has 0 spiro atoms. The van der Waals surface area contributed by atoms with Gasteiger partial charge in [-0.2, -0.15) is 11.3 Å². The van der Waals surface area contributed by atoms with Crippen molar-refractivity contribution in [2.24, 2.45) is 0 Å². The summed E-state index contributed by atoms with van der Waals surface area (Å²) in [7, 11) is 0. The highest BCUT2D eigenvalue weighted by Gasteiger charge is 2.26. The molecule has 3 heterocycles. The van der Waals surface area contributed by atoms with Gasteiger partial charge in [0.15, 0.2) is 0 Å². The van der Waals surface area contributed by atoms with Gasteiger partial charge in [-0.05, 0) is 29.6 Å². The van der Waals surface area contributed by atoms with E-state index in [0.717, 1.165) is 11.6 Å². The number of furan rings is 1. The molecule has 26 heavy (non-hydrogen) atoms. The van der Waals surface area contributed by atoms with Gasteiger partial charge < -0.3 is 9.52 Å². The highest BCUT2D eigenvalue weighted by atomic mass is 32.1. The first kappa shape index (κ1) is 16.6. The van der Waals surface area contributed by atoms with Gasteiger partial charge in [-0.25, -0.2) is 8.78 Å². The van der Waals surface area contributed by atoms with Crippen molar-refractivity contribution in [3.63, 3.8) is 0 Å². The van der Waals surface area contributed by atoms with Gasteiger partial charge in [-0.15, -0.1) is 0 Å². The molecule has 0 radical (unpaired) electrons. The maximum absolute atomic E-state index is 14.4. The molecule has 1 aromatic carbocycles. The van der Waals surface area contributed by atoms with E-state index in [4.69, 9.17) is 4.42 Å². The van der Waals surface area contributed by atoms with Crippen LogP contribution in [0, 0.1) is 11.6 Å². The predicted octanol–water partition coefficient (Wildman–Crippen LogP) is 5.43. The fourth-order valence-electron chi connectivity index (χ4n) is 2.88. The second-order valence-electron chi connectivity index (χ2n) is 5.72. The highest BCUT2D eigenvalue weighted by Crippen LogP contribution is 2.41. The number of hydrogen-bond acceptors (Lipinski definition) is 4. The number of thiophene rings is 1. The van der Waals surface area contributed by atoms with Crippen LogP contribution in [-0.4, -0.2) is 10.1 Å². The van der Waals surface area contributed by atoms with Crippen molar-refractivity contribution in [2.45, 2.75) is 6.10 Å². The molecule has 1 atom stereocenters. The summed E-state index contributed by atoms with van der Waals surface area (Å²) in [6.45, 7) is 0. The Bertz CT molecular complexity index is 1030. The van der Waals surface area contributed by atoms with Crippen molar-refractivity contribution >= 4 is 11.3 Å². The first-order chi connectivity index (χ1) is 12.6. The molecular formula is C20H13F2NO2S. The van der Waals surface area contributed by atoms with Crippen LogP contribution in [0.15, 0.2) is 70.2 Å². The van der Waals surface area contributed by atoms with Gasteiger partial charge >= 0.3 is 0 Å². The summed E-state index contributed by atoms with van der Waals surface area (Å²) in [6, 6.07) is 8.62. The molecule has 0 aliphatic heterocycles. The second-order valence-corrected chi connectivity index (χ2v) is 6.50. The van der Waals surface area contributed by atoms with Gasteiger partial charge in [-0.3, -0.25) is 4.98 Å². The van der Waals surface area contributed by atoms with E-state index in [0.29, 0.717) is 22.5 Å². The first-order valence-corrected chi connectivity index (χ1v) is 8.77. The third kappa shape index (κ3) is 2.94. The average Bonchev–Trinajstić information content (AvgIpc) is 3.31. The predicted molar refractivity (Wildman–Crippen MR) is 95.7 cm³/mol. The number of hydrogen-bond donors (Lipinski definition) is 1. The number of halogens is 2. The van der Waals surface area contributed by atoms with E-state index in [-0.39, 0.29) is 5.56 Å². The summed E-state index contributed by atoms with van der Waals surface area (Å²) in [5.41, 5.74) is 2.28. The van der Waals surface area contributed by atoms with Gasteiger partial charge in [-0.1, -0.05) is 6.07 Å². The largest absolute Gasteiger partial charge is 0.463 e. The lowest BCUT2D eigenvalue weighted by Gasteiger charge is -2.14. The number of rotatable bonds is 4. The summed E-state index contributed by atoms with van der Waals surface area (Å²) in [6.07, 6.45) is 3.46. The zero-order valence-electron chi connectivity index (χ0n) is 13.4. The van der Waals surface area contributed by atoms with Gasteiger partial charge in [0.05, 0.1) is 6.26 Å². The molecule has 3 aromatic heterocycles. The Balaban J connectivity index is 1.93. The Hall–Kier alpha value is -2.83. The van der Waals surface area contributed by atoms with Gasteiger partial charge in [0, 0.05) is 51.7 Å². The van der Waals surface area contributed by atoms with Crippen LogP contribution in [0.25, 0.3) is 22.5 Å². The molecule has 0 aliphatic rings. The van der Waals surface area contributed by atoms with Crippen molar-refractivity contribution in [1.82, 2.24) is 4.98 Å². The van der Waals surface area contributed by atoms with Crippen molar-refractivity contribution in [3.05, 3.63) is 88.6 Å². The number of pyridine rings is 1. The molecule has 0 aliphatic carbocycles. The normalized spacial score (nSPS) is 12.3. The lowest BCUT2D eigenvalue weighted by molar-refractivity contribution is 0.220. The zero-order valence-corrected chi connectivity index (χ0v) is 14.2. The van der Waals surface area contributed by atoms with Crippen molar-refractivity contribution < 1.29 is 18.3 Å². The lowest BCUT2D eigenvalue weighted by atomic mass is 9.93. The molecule has 130 valence electrons. The second kappa shape index (κ2) is 6.82. The molecule has 0 saturated carbocycles. The summed E-state index contributed by atoms with van der Waals surface area (Å²) in [5, 5.41) is 14.7. The van der Waals surface area contributed by atoms with Crippen LogP contribution in [-0.2, 0) is 0 Å². The van der Waals surface area contributed by atoms with E-state index in [1.54, 1.807) is 24.5 Å². The van der Waals surface area contributed by atoms with E-state index in [1.807, 2.05) is 16.8 Å². The fraction of sp³-hybridized carbons (Fsp3) is 0.0500. The Morgan fingerprint density at radius 3 is 2.69 bits per heavy atom. The molecule has 0 bridgehead atoms. The quantitative estimate of drug-likeness (QED) is 0.522. The molecule has 1 unspecified atom stereocenters. The van der Waals surface area contributed by atoms with Gasteiger partial charge in [0.2, 0.25) is 0 Å². The van der Waals surface area contributed by atoms with Crippen LogP contribution in [0.5, 0.6) is 0 Å². The molecule has 0 saturated heterocycles. The van der Waals surface area contributed by atoms with Crippen LogP contribution < -0.4 is 0 Å². The third-order valence-corrected chi connectivity index (χ3v) is 4.79. The molecule has 3 nitrogen and oxygen atoms in total. The average molecular weight is 369 g/mol. The minimum atomic E-state index is -1.07. The number of aromatic nitrogens is 1. The summed E-state index contributed by atoms with van der Waals surface area (Å²) in [4.78, 5) is 4.03. The van der Waals surface area contributed by atoms with E-state index >= 15 is 0 Å². The minimum absolute atomic E-state index is 0.162. The molecule has 0 amide bonds. The van der Waals surface area contributed by atoms with Crippen LogP contribution in [0.4, 0.5) is 8.78 Å². The molecule has 4 aromatic rings. The number of aliphatic hydroxyl groups is 1. The molecule has 0 fully saturated rings. The van der Waals surface area contributed by atoms with Gasteiger partial charge in [0.1, 0.15) is 23.5 Å². The monoisotopic (exact) mass is 369 g/mol. The lowest BCUT2D eigenvalue weighted by Crippen LogP contribution is -2.02. The Labute approximate surface area is 152 Å². The van der Waals surface area contributed by atoms with Crippen molar-refractivity contribution in [3.8, 4) is 22.5 Å². The Morgan fingerprint density at radius 2 is 2.00 bits per heavy atom. The van der Waals surface area contributed by atoms with E-state index < -0.39 is 17.7 Å². The minimum Gasteiger partial charge on any atom is -0.463 e. The molecule has 1 N–H and O–H groups in total. The fourth-order valence-corrected chi connectivity index (χ4v) is 3.51. The molecule has 4 rings (SSSR count). The van der Waals surface area contributed by atoms with Crippen molar-refractivity contribution in [2.75, 3.05) is 0 Å². The first-order valence-electron chi connectivity index (χ1n) is 7.82. The maximum Gasteiger partial charge on any atom is 0.141 e. The van der Waals surface area contributed by atoms with Crippen LogP contribution in [0.2, 0.25) is 0 Å². The highest BCUT2D eigenvalue weighted by molar-refractivity contribution is 7.08. The standard InChI is InChI=1S/C20H13F2NO2S/c21-14-3-4-15(17(22)8-14)16-10-25-20(13-5-7-26-11-13)18(16)19(24)12-2-1-6-23-9-12/h1-11,19,24H. The molecular weight excluding hydrogens is 356 g/mol. The summed E-state index contributed by atoms with van der Waals surface area (Å²) in [5.74, 6) is -0.939. The Kier molecular flexibility index (Phi) is 4.36. The number of aliphatic hydroxyl groups excluding tert-OH is 1. The molecule has 6 heteroatoms. The smallest absolute Gasteiger partial charge is 0.141 e. The zero-order chi connectivity index (χ0) is 18.1. The van der Waals surface area contributed by atoms with E-state index in [9.17, 15) is 13.9 Å². The Morgan fingerprint density at radius 1 is 1.12 bits per heavy atom. The maximum atomic E-state index is 14.4. The van der Waals surface area contributed by atoms with Crippen molar-refractivity contribution in [1.29, 1.82) is 0 Å². The van der Waals surface area contributed by atoms with E-state index in [2.05, 4.69) is 4.98 Å². The SMILES string of the molecule is OC(c1cccnc1)c1c(-c2ccc(F)cc2F)coc1-c1ccsc1. The van der Waals surface area contributed by atoms with Crippen LogP contribution in [0.3, 0.4) is 0 Å². The summed E-state index contributed by atoms with van der Waals surface area (Å²) < 4.78 is 33.3. The third-order valence-electron chi connectivity index (χ3n) is 4.11. The van der Waals surface area contributed by atoms with E-state index in [1.165, 1.54) is 29.7 Å².